The minimum Gasteiger partial charge on any atom is -0.368 e. The number of aliphatic imine (C=N–C) groups is 1. The predicted molar refractivity (Wildman–Crippen MR) is 137 cm³/mol. The molecule has 1 heterocycles. The minimum atomic E-state index is -3.87. The maximum absolute atomic E-state index is 12.5. The molecule has 0 saturated heterocycles. The van der Waals surface area contributed by atoms with E-state index in [4.69, 9.17) is 34.8 Å². The summed E-state index contributed by atoms with van der Waals surface area (Å²) < 4.78 is 24.9. The number of sulfone groups is 1. The number of rotatable bonds is 10. The van der Waals surface area contributed by atoms with Crippen LogP contribution in [0.15, 0.2) is 46.3 Å². The van der Waals surface area contributed by atoms with E-state index in [-0.39, 0.29) is 39.0 Å². The highest BCUT2D eigenvalue weighted by Crippen LogP contribution is 2.35. The molecule has 0 unspecified atom stereocenters. The molecule has 2 amide bonds. The molecule has 0 fully saturated rings. The first kappa shape index (κ1) is 27.2. The van der Waals surface area contributed by atoms with Gasteiger partial charge in [-0.3, -0.25) is 19.9 Å². The van der Waals surface area contributed by atoms with Gasteiger partial charge in [0.05, 0.1) is 39.6 Å². The van der Waals surface area contributed by atoms with Gasteiger partial charge in [-0.05, 0) is 17.7 Å². The van der Waals surface area contributed by atoms with Crippen LogP contribution in [-0.2, 0) is 26.0 Å². The number of hydrogen-bond acceptors (Lipinski definition) is 7. The quantitative estimate of drug-likeness (QED) is 0.383. The summed E-state index contributed by atoms with van der Waals surface area (Å²) in [5.41, 5.74) is 1.92. The number of carbonyl (C=O) groups is 2. The fourth-order valence-corrected chi connectivity index (χ4v) is 5.34. The molecule has 188 valence electrons. The third kappa shape index (κ3) is 7.31. The fraction of sp³-hybridized carbons (Fsp3) is 0.318. The van der Waals surface area contributed by atoms with E-state index in [9.17, 15) is 18.0 Å². The molecule has 3 N–H and O–H groups in total. The Balaban J connectivity index is 1.42. The number of hydrogen-bond donors (Lipinski definition) is 3. The van der Waals surface area contributed by atoms with Crippen LogP contribution in [0.25, 0.3) is 0 Å². The largest absolute Gasteiger partial charge is 0.368 e. The van der Waals surface area contributed by atoms with Gasteiger partial charge in [0.15, 0.2) is 9.84 Å². The van der Waals surface area contributed by atoms with Gasteiger partial charge in [-0.15, -0.1) is 0 Å². The maximum Gasteiger partial charge on any atom is 0.242 e. The lowest BCUT2D eigenvalue weighted by molar-refractivity contribution is -0.132. The molecule has 13 heteroatoms. The average Bonchev–Trinajstić information content (AvgIpc) is 3.36. The standard InChI is InChI=1S/C22H24Cl3N5O4S/c1-30(12-14-2-4-15(5-3-14)22-27-8-9-28-22)19(32)11-29-18(31)10-26-13-35(33,34)17-7-6-16(23)20(24)21(17)25/h2-7,26H,8-13H2,1H3,(H,27,28)(H,29,31). The van der Waals surface area contributed by atoms with Gasteiger partial charge in [0, 0.05) is 25.7 Å². The second-order valence-electron chi connectivity index (χ2n) is 7.74. The lowest BCUT2D eigenvalue weighted by atomic mass is 10.1. The number of benzene rings is 2. The Morgan fingerprint density at radius 3 is 2.43 bits per heavy atom. The van der Waals surface area contributed by atoms with Crippen LogP contribution < -0.4 is 16.0 Å². The van der Waals surface area contributed by atoms with E-state index in [0.717, 1.165) is 30.1 Å². The van der Waals surface area contributed by atoms with Crippen LogP contribution in [0, 0.1) is 0 Å². The number of carbonyl (C=O) groups excluding carboxylic acids is 2. The van der Waals surface area contributed by atoms with E-state index in [2.05, 4.69) is 20.9 Å². The molecule has 35 heavy (non-hydrogen) atoms. The van der Waals surface area contributed by atoms with E-state index < -0.39 is 21.6 Å². The van der Waals surface area contributed by atoms with Gasteiger partial charge in [0.25, 0.3) is 0 Å². The van der Waals surface area contributed by atoms with Gasteiger partial charge in [-0.25, -0.2) is 8.42 Å². The zero-order valence-corrected chi connectivity index (χ0v) is 21.9. The molecule has 0 radical (unpaired) electrons. The zero-order valence-electron chi connectivity index (χ0n) is 18.8. The normalized spacial score (nSPS) is 13.2. The first-order chi connectivity index (χ1) is 16.6. The Morgan fingerprint density at radius 1 is 1.06 bits per heavy atom. The van der Waals surface area contributed by atoms with Gasteiger partial charge in [0.2, 0.25) is 11.8 Å². The van der Waals surface area contributed by atoms with Crippen molar-refractivity contribution in [3.05, 3.63) is 62.6 Å². The zero-order chi connectivity index (χ0) is 25.6. The van der Waals surface area contributed by atoms with Crippen LogP contribution in [-0.4, -0.2) is 70.1 Å². The lowest BCUT2D eigenvalue weighted by Gasteiger charge is -2.18. The first-order valence-corrected chi connectivity index (χ1v) is 13.3. The molecule has 1 aliphatic rings. The first-order valence-electron chi connectivity index (χ1n) is 10.5. The Kier molecular flexibility index (Phi) is 9.37. The molecule has 1 aliphatic heterocycles. The van der Waals surface area contributed by atoms with Gasteiger partial charge in [-0.1, -0.05) is 59.1 Å². The van der Waals surface area contributed by atoms with Crippen molar-refractivity contribution >= 4 is 62.3 Å². The maximum atomic E-state index is 12.5. The summed E-state index contributed by atoms with van der Waals surface area (Å²) in [6.07, 6.45) is 0. The molecular formula is C22H24Cl3N5O4S. The molecule has 0 atom stereocenters. The summed E-state index contributed by atoms with van der Waals surface area (Å²) in [7, 11) is -2.23. The van der Waals surface area contributed by atoms with Crippen molar-refractivity contribution in [3.63, 3.8) is 0 Å². The number of nitrogens with zero attached hydrogens (tertiary/aromatic N) is 2. The summed E-state index contributed by atoms with van der Waals surface area (Å²) in [6, 6.07) is 10.3. The highest BCUT2D eigenvalue weighted by Gasteiger charge is 2.21. The monoisotopic (exact) mass is 559 g/mol. The summed E-state index contributed by atoms with van der Waals surface area (Å²) in [4.78, 5) is 30.1. The number of nitrogens with one attached hydrogen (secondary N) is 3. The van der Waals surface area contributed by atoms with Crippen LogP contribution in [0.2, 0.25) is 15.1 Å². The smallest absolute Gasteiger partial charge is 0.242 e. The van der Waals surface area contributed by atoms with Crippen molar-refractivity contribution in [3.8, 4) is 0 Å². The van der Waals surface area contributed by atoms with Crippen molar-refractivity contribution in [2.45, 2.75) is 11.4 Å². The molecule has 0 saturated carbocycles. The van der Waals surface area contributed by atoms with Crippen LogP contribution in [0.1, 0.15) is 11.1 Å². The molecule has 0 aliphatic carbocycles. The summed E-state index contributed by atoms with van der Waals surface area (Å²) in [6.45, 7) is 1.43. The Morgan fingerprint density at radius 2 is 1.77 bits per heavy atom. The molecule has 9 nitrogen and oxygen atoms in total. The van der Waals surface area contributed by atoms with Crippen molar-refractivity contribution in [2.24, 2.45) is 4.99 Å². The van der Waals surface area contributed by atoms with Gasteiger partial charge < -0.3 is 15.5 Å². The molecule has 2 aromatic carbocycles. The number of amidine groups is 1. The molecule has 0 spiro atoms. The van der Waals surface area contributed by atoms with Crippen LogP contribution >= 0.6 is 34.8 Å². The highest BCUT2D eigenvalue weighted by atomic mass is 35.5. The molecule has 2 aromatic rings. The van der Waals surface area contributed by atoms with E-state index in [1.54, 1.807) is 7.05 Å². The molecule has 0 bridgehead atoms. The number of likely N-dealkylation sites (N-methyl/N-ethyl adjacent to an activating group) is 1. The van der Waals surface area contributed by atoms with Crippen LogP contribution in [0.3, 0.4) is 0 Å². The predicted octanol–water partition coefficient (Wildman–Crippen LogP) is 2.09. The highest BCUT2D eigenvalue weighted by molar-refractivity contribution is 7.91. The summed E-state index contributed by atoms with van der Waals surface area (Å²) in [5, 5.41) is 8.10. The van der Waals surface area contributed by atoms with Crippen molar-refractivity contribution in [2.75, 3.05) is 39.1 Å². The van der Waals surface area contributed by atoms with Crippen LogP contribution in [0.5, 0.6) is 0 Å². The van der Waals surface area contributed by atoms with Crippen LogP contribution in [0.4, 0.5) is 0 Å². The van der Waals surface area contributed by atoms with E-state index in [0.29, 0.717) is 6.54 Å². The third-order valence-corrected chi connectivity index (χ3v) is 8.10. The average molecular weight is 561 g/mol. The van der Waals surface area contributed by atoms with Crippen molar-refractivity contribution in [1.29, 1.82) is 0 Å². The second-order valence-corrected chi connectivity index (χ2v) is 10.9. The Labute approximate surface area is 218 Å². The topological polar surface area (TPSA) is 120 Å². The summed E-state index contributed by atoms with van der Waals surface area (Å²) >= 11 is 17.7. The van der Waals surface area contributed by atoms with Gasteiger partial charge >= 0.3 is 0 Å². The number of halogens is 3. The molecule has 0 aromatic heterocycles. The van der Waals surface area contributed by atoms with E-state index in [1.807, 2.05) is 24.3 Å². The third-order valence-electron chi connectivity index (χ3n) is 5.10. The molecule has 3 rings (SSSR count). The Bertz CT molecular complexity index is 1240. The van der Waals surface area contributed by atoms with Crippen molar-refractivity contribution in [1.82, 2.24) is 20.9 Å². The van der Waals surface area contributed by atoms with Gasteiger partial charge in [-0.2, -0.15) is 0 Å². The summed E-state index contributed by atoms with van der Waals surface area (Å²) in [5.74, 6) is -0.509. The minimum absolute atomic E-state index is 0.0639. The second kappa shape index (κ2) is 12.0. The Hall–Kier alpha value is -2.37. The van der Waals surface area contributed by atoms with Crippen molar-refractivity contribution < 1.29 is 18.0 Å². The van der Waals surface area contributed by atoms with E-state index >= 15 is 0 Å². The molecular weight excluding hydrogens is 537 g/mol. The number of amides is 2. The fourth-order valence-electron chi connectivity index (χ4n) is 3.22. The van der Waals surface area contributed by atoms with E-state index in [1.165, 1.54) is 17.0 Å². The SMILES string of the molecule is CN(Cc1ccc(C2=NCCN2)cc1)C(=O)CNC(=O)CNCS(=O)(=O)c1ccc(Cl)c(Cl)c1Cl. The lowest BCUT2D eigenvalue weighted by Crippen LogP contribution is -2.42. The van der Waals surface area contributed by atoms with Gasteiger partial charge in [0.1, 0.15) is 11.7 Å².